The molecule has 3 heterocycles. The van der Waals surface area contributed by atoms with Gasteiger partial charge in [-0.05, 0) is 18.4 Å². The van der Waals surface area contributed by atoms with Gasteiger partial charge in [0.15, 0.2) is 11.5 Å². The number of thiazole rings is 1. The van der Waals surface area contributed by atoms with Crippen molar-refractivity contribution in [3.05, 3.63) is 34.4 Å². The summed E-state index contributed by atoms with van der Waals surface area (Å²) in [4.78, 5) is 0.444. The van der Waals surface area contributed by atoms with E-state index in [9.17, 15) is 8.42 Å². The molecule has 4 rings (SSSR count). The van der Waals surface area contributed by atoms with Crippen LogP contribution in [0.5, 0.6) is 11.5 Å². The van der Waals surface area contributed by atoms with E-state index >= 15 is 0 Å². The Balaban J connectivity index is 1.96. The highest BCUT2D eigenvalue weighted by molar-refractivity contribution is 7.92. The topological polar surface area (TPSA) is 69.9 Å². The molecule has 0 spiro atoms. The van der Waals surface area contributed by atoms with Gasteiger partial charge < -0.3 is 14.0 Å². The Hall–Kier alpha value is -1.84. The highest BCUT2D eigenvalue weighted by atomic mass is 32.2. The molecule has 0 N–H and O–H groups in total. The monoisotopic (exact) mass is 368 g/mol. The summed E-state index contributed by atoms with van der Waals surface area (Å²) in [5.41, 5.74) is 0.891. The number of aryl methyl sites for hydroxylation is 1. The van der Waals surface area contributed by atoms with Crippen molar-refractivity contribution in [3.63, 3.8) is 0 Å². The van der Waals surface area contributed by atoms with Crippen molar-refractivity contribution in [2.75, 3.05) is 6.79 Å². The quantitative estimate of drug-likeness (QED) is 0.713. The SMILES string of the molecule is CCn1/c(=N/S(=O)(=O)c2cccs2)sc2cc3c(cc21)OCO3. The standard InChI is InChI=1S/C14H12N2O4S3/c1-2-16-9-6-10-11(20-8-19-10)7-12(9)22-14(16)15-23(17,18)13-4-3-5-21-13/h3-7H,2,8H2,1H3/b15-14-. The summed E-state index contributed by atoms with van der Waals surface area (Å²) in [6.07, 6.45) is 0. The number of benzene rings is 1. The van der Waals surface area contributed by atoms with Crippen molar-refractivity contribution in [2.45, 2.75) is 17.7 Å². The van der Waals surface area contributed by atoms with E-state index in [1.807, 2.05) is 23.6 Å². The molecule has 120 valence electrons. The average Bonchev–Trinajstić information content (AvgIpc) is 3.23. The largest absolute Gasteiger partial charge is 0.454 e. The first-order valence-electron chi connectivity index (χ1n) is 6.86. The van der Waals surface area contributed by atoms with Crippen molar-refractivity contribution in [1.29, 1.82) is 0 Å². The number of sulfonamides is 1. The van der Waals surface area contributed by atoms with E-state index in [1.165, 1.54) is 11.3 Å². The van der Waals surface area contributed by atoms with E-state index in [1.54, 1.807) is 17.5 Å². The van der Waals surface area contributed by atoms with Gasteiger partial charge in [-0.25, -0.2) is 0 Å². The van der Waals surface area contributed by atoms with Gasteiger partial charge in [0.2, 0.25) is 11.6 Å². The molecule has 1 aliphatic heterocycles. The third-order valence-corrected chi connectivity index (χ3v) is 7.24. The predicted octanol–water partition coefficient (Wildman–Crippen LogP) is 2.80. The zero-order chi connectivity index (χ0) is 16.0. The number of thiophene rings is 1. The number of fused-ring (bicyclic) bond motifs is 2. The Morgan fingerprint density at radius 1 is 1.30 bits per heavy atom. The van der Waals surface area contributed by atoms with Crippen LogP contribution in [-0.2, 0) is 16.6 Å². The van der Waals surface area contributed by atoms with Crippen LogP contribution in [0.3, 0.4) is 0 Å². The molecular formula is C14H12N2O4S3. The van der Waals surface area contributed by atoms with Crippen LogP contribution in [-0.4, -0.2) is 19.8 Å². The predicted molar refractivity (Wildman–Crippen MR) is 88.7 cm³/mol. The molecule has 0 aliphatic carbocycles. The lowest BCUT2D eigenvalue weighted by Crippen LogP contribution is -2.15. The first-order valence-corrected chi connectivity index (χ1v) is 9.99. The first kappa shape index (κ1) is 14.7. The number of hydrogen-bond acceptors (Lipinski definition) is 6. The molecule has 0 saturated heterocycles. The molecule has 1 aromatic carbocycles. The maximum Gasteiger partial charge on any atom is 0.294 e. The first-order chi connectivity index (χ1) is 11.1. The lowest BCUT2D eigenvalue weighted by atomic mass is 10.3. The van der Waals surface area contributed by atoms with Crippen LogP contribution in [0.2, 0.25) is 0 Å². The van der Waals surface area contributed by atoms with Gasteiger partial charge in [-0.1, -0.05) is 17.4 Å². The number of hydrogen-bond donors (Lipinski definition) is 0. The Morgan fingerprint density at radius 3 is 2.78 bits per heavy atom. The second kappa shape index (κ2) is 5.36. The third kappa shape index (κ3) is 2.44. The van der Waals surface area contributed by atoms with Gasteiger partial charge in [0.25, 0.3) is 10.0 Å². The summed E-state index contributed by atoms with van der Waals surface area (Å²) in [7, 11) is -3.69. The Morgan fingerprint density at radius 2 is 2.09 bits per heavy atom. The van der Waals surface area contributed by atoms with Gasteiger partial charge in [0.05, 0.1) is 10.2 Å². The zero-order valence-corrected chi connectivity index (χ0v) is 14.5. The molecule has 0 saturated carbocycles. The normalized spacial score (nSPS) is 14.7. The maximum atomic E-state index is 12.4. The van der Waals surface area contributed by atoms with Crippen LogP contribution < -0.4 is 14.3 Å². The van der Waals surface area contributed by atoms with Gasteiger partial charge in [0, 0.05) is 18.7 Å². The molecule has 9 heteroatoms. The third-order valence-electron chi connectivity index (χ3n) is 3.44. The average molecular weight is 368 g/mol. The summed E-state index contributed by atoms with van der Waals surface area (Å²) in [6, 6.07) is 6.99. The highest BCUT2D eigenvalue weighted by Crippen LogP contribution is 2.37. The molecular weight excluding hydrogens is 356 g/mol. The number of rotatable bonds is 3. The van der Waals surface area contributed by atoms with Gasteiger partial charge in [-0.15, -0.1) is 15.7 Å². The van der Waals surface area contributed by atoms with E-state index in [0.29, 0.717) is 22.8 Å². The van der Waals surface area contributed by atoms with E-state index in [2.05, 4.69) is 4.40 Å². The fraction of sp³-hybridized carbons (Fsp3) is 0.214. The second-order valence-electron chi connectivity index (χ2n) is 4.80. The van der Waals surface area contributed by atoms with Crippen molar-refractivity contribution in [3.8, 4) is 11.5 Å². The van der Waals surface area contributed by atoms with Gasteiger partial charge in [-0.2, -0.15) is 8.42 Å². The Kier molecular flexibility index (Phi) is 3.43. The van der Waals surface area contributed by atoms with Crippen LogP contribution in [0, 0.1) is 0 Å². The lowest BCUT2D eigenvalue weighted by Gasteiger charge is -2.01. The lowest BCUT2D eigenvalue weighted by molar-refractivity contribution is 0.174. The molecule has 2 aromatic heterocycles. The molecule has 6 nitrogen and oxygen atoms in total. The van der Waals surface area contributed by atoms with Gasteiger partial charge >= 0.3 is 0 Å². The minimum Gasteiger partial charge on any atom is -0.454 e. The highest BCUT2D eigenvalue weighted by Gasteiger charge is 2.19. The number of ether oxygens (including phenoxy) is 2. The summed E-state index contributed by atoms with van der Waals surface area (Å²) >= 11 is 2.49. The van der Waals surface area contributed by atoms with Crippen molar-refractivity contribution < 1.29 is 17.9 Å². The van der Waals surface area contributed by atoms with Crippen LogP contribution in [0.25, 0.3) is 10.2 Å². The van der Waals surface area contributed by atoms with Crippen molar-refractivity contribution in [2.24, 2.45) is 4.40 Å². The van der Waals surface area contributed by atoms with E-state index in [-0.39, 0.29) is 11.0 Å². The summed E-state index contributed by atoms with van der Waals surface area (Å²) in [5, 5.41) is 1.72. The van der Waals surface area contributed by atoms with Gasteiger partial charge in [-0.3, -0.25) is 0 Å². The molecule has 23 heavy (non-hydrogen) atoms. The molecule has 0 unspecified atom stereocenters. The molecule has 1 aliphatic rings. The minimum atomic E-state index is -3.69. The summed E-state index contributed by atoms with van der Waals surface area (Å²) < 4.78 is 42.6. The number of nitrogens with zero attached hydrogens (tertiary/aromatic N) is 2. The molecule has 0 bridgehead atoms. The fourth-order valence-corrected chi connectivity index (χ4v) is 5.67. The zero-order valence-electron chi connectivity index (χ0n) is 12.1. The molecule has 0 amide bonds. The number of aromatic nitrogens is 1. The Labute approximate surface area is 140 Å². The van der Waals surface area contributed by atoms with Crippen LogP contribution in [0.4, 0.5) is 0 Å². The second-order valence-corrected chi connectivity index (χ2v) is 8.59. The van der Waals surface area contributed by atoms with Crippen molar-refractivity contribution in [1.82, 2.24) is 4.57 Å². The van der Waals surface area contributed by atoms with Crippen LogP contribution in [0.1, 0.15) is 6.92 Å². The molecule has 0 fully saturated rings. The molecule has 3 aromatic rings. The summed E-state index contributed by atoms with van der Waals surface area (Å²) in [5.74, 6) is 1.35. The van der Waals surface area contributed by atoms with E-state index in [0.717, 1.165) is 21.6 Å². The Bertz CT molecular complexity index is 1050. The minimum absolute atomic E-state index is 0.211. The van der Waals surface area contributed by atoms with Crippen molar-refractivity contribution >= 4 is 42.9 Å². The van der Waals surface area contributed by atoms with Crippen LogP contribution in [0.15, 0.2) is 38.3 Å². The van der Waals surface area contributed by atoms with Gasteiger partial charge in [0.1, 0.15) is 4.21 Å². The van der Waals surface area contributed by atoms with E-state index in [4.69, 9.17) is 9.47 Å². The smallest absolute Gasteiger partial charge is 0.294 e. The molecule has 0 atom stereocenters. The molecule has 0 radical (unpaired) electrons. The van der Waals surface area contributed by atoms with E-state index < -0.39 is 10.0 Å². The maximum absolute atomic E-state index is 12.4. The van der Waals surface area contributed by atoms with Crippen LogP contribution >= 0.6 is 22.7 Å². The fourth-order valence-electron chi connectivity index (χ4n) is 2.39. The summed E-state index contributed by atoms with van der Waals surface area (Å²) in [6.45, 7) is 2.77.